The molecule has 32 heavy (non-hydrogen) atoms. The number of benzene rings is 2. The fourth-order valence-electron chi connectivity index (χ4n) is 5.62. The predicted octanol–water partition coefficient (Wildman–Crippen LogP) is 6.33. The van der Waals surface area contributed by atoms with Gasteiger partial charge < -0.3 is 18.7 Å². The van der Waals surface area contributed by atoms with Gasteiger partial charge in [0.2, 0.25) is 0 Å². The molecule has 1 fully saturated rings. The molecule has 0 radical (unpaired) electrons. The molecule has 1 saturated heterocycles. The Morgan fingerprint density at radius 2 is 1.28 bits per heavy atom. The zero-order valence-electron chi connectivity index (χ0n) is 21.6. The van der Waals surface area contributed by atoms with E-state index in [1.807, 2.05) is 0 Å². The molecule has 1 aliphatic heterocycles. The van der Waals surface area contributed by atoms with Crippen molar-refractivity contribution in [2.24, 2.45) is 0 Å². The smallest absolute Gasteiger partial charge is 0.334 e. The lowest BCUT2D eigenvalue weighted by atomic mass is 10.0. The van der Waals surface area contributed by atoms with Crippen molar-refractivity contribution in [3.63, 3.8) is 0 Å². The Bertz CT molecular complexity index is 909. The van der Waals surface area contributed by atoms with E-state index < -0.39 is 8.56 Å². The fourth-order valence-corrected chi connectivity index (χ4v) is 7.04. The van der Waals surface area contributed by atoms with Crippen LogP contribution in [0, 0.1) is 41.5 Å². The van der Waals surface area contributed by atoms with Crippen molar-refractivity contribution in [1.29, 1.82) is 0 Å². The summed E-state index contributed by atoms with van der Waals surface area (Å²) in [5.74, 6) is 0. The molecule has 5 heteroatoms. The van der Waals surface area contributed by atoms with Gasteiger partial charge in [-0.3, -0.25) is 0 Å². The lowest BCUT2D eigenvalue weighted by Gasteiger charge is -2.30. The lowest BCUT2D eigenvalue weighted by molar-refractivity contribution is 0.248. The first-order valence-electron chi connectivity index (χ1n) is 11.9. The fraction of sp³-hybridized carbons (Fsp3) is 0.556. The summed E-state index contributed by atoms with van der Waals surface area (Å²) in [5.41, 5.74) is 11.0. The Hall–Kier alpha value is -1.82. The molecule has 0 amide bonds. The summed E-state index contributed by atoms with van der Waals surface area (Å²) >= 11 is 0. The first-order chi connectivity index (χ1) is 15.1. The maximum Gasteiger partial charge on any atom is 0.334 e. The van der Waals surface area contributed by atoms with Gasteiger partial charge in [-0.05, 0) is 89.2 Å². The van der Waals surface area contributed by atoms with Crippen LogP contribution in [0.15, 0.2) is 24.3 Å². The Kier molecular flexibility index (Phi) is 7.74. The molecule has 0 bridgehead atoms. The van der Waals surface area contributed by atoms with E-state index >= 15 is 0 Å². The van der Waals surface area contributed by atoms with Crippen molar-refractivity contribution in [3.8, 4) is 0 Å². The van der Waals surface area contributed by atoms with Gasteiger partial charge in [0.15, 0.2) is 0 Å². The van der Waals surface area contributed by atoms with Crippen LogP contribution in [0.25, 0.3) is 0 Å². The molecule has 1 atom stereocenters. The largest absolute Gasteiger partial charge is 0.398 e. The van der Waals surface area contributed by atoms with Crippen LogP contribution < -0.4 is 9.80 Å². The Morgan fingerprint density at radius 1 is 0.812 bits per heavy atom. The van der Waals surface area contributed by atoms with Crippen LogP contribution in [-0.4, -0.2) is 42.0 Å². The van der Waals surface area contributed by atoms with Crippen LogP contribution in [0.1, 0.15) is 46.2 Å². The van der Waals surface area contributed by atoms with E-state index in [9.17, 15) is 0 Å². The van der Waals surface area contributed by atoms with Crippen molar-refractivity contribution in [1.82, 2.24) is 0 Å². The molecule has 2 aromatic carbocycles. The van der Waals surface area contributed by atoms with Crippen LogP contribution in [0.4, 0.5) is 11.4 Å². The highest BCUT2D eigenvalue weighted by Crippen LogP contribution is 2.37. The van der Waals surface area contributed by atoms with Gasteiger partial charge in [0, 0.05) is 38.2 Å². The van der Waals surface area contributed by atoms with Gasteiger partial charge in [0.1, 0.15) is 0 Å². The second kappa shape index (κ2) is 9.98. The van der Waals surface area contributed by atoms with E-state index in [0.717, 1.165) is 32.1 Å². The van der Waals surface area contributed by atoms with Crippen molar-refractivity contribution in [3.05, 3.63) is 57.6 Å². The summed E-state index contributed by atoms with van der Waals surface area (Å²) < 4.78 is 11.5. The monoisotopic (exact) mass is 454 g/mol. The summed E-state index contributed by atoms with van der Waals surface area (Å²) in [5, 5.41) is 0. The summed E-state index contributed by atoms with van der Waals surface area (Å²) in [4.78, 5) is 5.25. The standard InChI is InChI=1S/C27H42N2O2Si/c1-19-13-21(3)26(22(4)14-19)28-17-25(11-10-12-32(9,30-7)31-8)29(18-28)27-23(5)15-20(2)16-24(27)6/h13-16,25H,10-12,17-18H2,1-9H3. The quantitative estimate of drug-likeness (QED) is 0.435. The third-order valence-corrected chi connectivity index (χ3v) is 10.1. The number of nitrogens with zero attached hydrogens (tertiary/aromatic N) is 2. The van der Waals surface area contributed by atoms with Crippen LogP contribution >= 0.6 is 0 Å². The van der Waals surface area contributed by atoms with E-state index in [1.165, 1.54) is 44.8 Å². The van der Waals surface area contributed by atoms with Gasteiger partial charge >= 0.3 is 8.56 Å². The topological polar surface area (TPSA) is 24.9 Å². The van der Waals surface area contributed by atoms with E-state index in [-0.39, 0.29) is 0 Å². The first-order valence-corrected chi connectivity index (χ1v) is 14.4. The summed E-state index contributed by atoms with van der Waals surface area (Å²) in [7, 11) is 1.55. The maximum absolute atomic E-state index is 5.74. The van der Waals surface area contributed by atoms with E-state index in [2.05, 4.69) is 82.2 Å². The molecule has 3 rings (SSSR count). The van der Waals surface area contributed by atoms with Gasteiger partial charge in [-0.25, -0.2) is 0 Å². The third-order valence-electron chi connectivity index (χ3n) is 7.10. The van der Waals surface area contributed by atoms with Crippen molar-refractivity contribution in [2.75, 3.05) is 37.2 Å². The number of anilines is 2. The molecule has 1 unspecified atom stereocenters. The summed E-state index contributed by atoms with van der Waals surface area (Å²) in [6, 6.07) is 10.8. The maximum atomic E-state index is 5.74. The highest BCUT2D eigenvalue weighted by Gasteiger charge is 2.35. The lowest BCUT2D eigenvalue weighted by Crippen LogP contribution is -2.37. The number of rotatable bonds is 8. The van der Waals surface area contributed by atoms with Gasteiger partial charge in [-0.15, -0.1) is 0 Å². The molecule has 1 aliphatic rings. The molecule has 0 aromatic heterocycles. The van der Waals surface area contributed by atoms with Crippen LogP contribution in [0.2, 0.25) is 12.6 Å². The minimum absolute atomic E-state index is 0.474. The van der Waals surface area contributed by atoms with Crippen molar-refractivity contribution in [2.45, 2.75) is 73.0 Å². The van der Waals surface area contributed by atoms with Gasteiger partial charge in [-0.1, -0.05) is 35.4 Å². The van der Waals surface area contributed by atoms with E-state index in [0.29, 0.717) is 6.04 Å². The van der Waals surface area contributed by atoms with Gasteiger partial charge in [0.25, 0.3) is 0 Å². The van der Waals surface area contributed by atoms with Gasteiger partial charge in [-0.2, -0.15) is 0 Å². The molecular weight excluding hydrogens is 412 g/mol. The molecule has 2 aromatic rings. The van der Waals surface area contributed by atoms with Crippen LogP contribution in [0.5, 0.6) is 0 Å². The number of hydrogen-bond donors (Lipinski definition) is 0. The molecule has 4 nitrogen and oxygen atoms in total. The third kappa shape index (κ3) is 5.21. The Morgan fingerprint density at radius 3 is 1.75 bits per heavy atom. The highest BCUT2D eigenvalue weighted by molar-refractivity contribution is 6.65. The zero-order chi connectivity index (χ0) is 23.6. The molecule has 1 heterocycles. The Balaban J connectivity index is 1.92. The average Bonchev–Trinajstić information content (AvgIpc) is 3.09. The molecule has 176 valence electrons. The summed E-state index contributed by atoms with van der Waals surface area (Å²) in [6.45, 7) is 17.6. The normalized spacial score (nSPS) is 16.8. The zero-order valence-corrected chi connectivity index (χ0v) is 22.6. The second-order valence-electron chi connectivity index (χ2n) is 9.92. The van der Waals surface area contributed by atoms with Crippen molar-refractivity contribution >= 4 is 19.9 Å². The van der Waals surface area contributed by atoms with E-state index in [4.69, 9.17) is 8.85 Å². The number of aryl methyl sites for hydroxylation is 6. The molecule has 0 spiro atoms. The molecular formula is C27H42N2O2Si. The highest BCUT2D eigenvalue weighted by atomic mass is 28.4. The molecule has 0 aliphatic carbocycles. The van der Waals surface area contributed by atoms with E-state index in [1.54, 1.807) is 14.2 Å². The molecule has 0 N–H and O–H groups in total. The Labute approximate surface area is 196 Å². The SMILES string of the molecule is CO[Si](C)(CCCC1CN(c2c(C)cc(C)cc2C)CN1c1c(C)cc(C)cc1C)OC. The van der Waals surface area contributed by atoms with Crippen LogP contribution in [-0.2, 0) is 8.85 Å². The minimum atomic E-state index is -2.04. The second-order valence-corrected chi connectivity index (χ2v) is 13.5. The summed E-state index contributed by atoms with van der Waals surface area (Å²) in [6.07, 6.45) is 2.26. The minimum Gasteiger partial charge on any atom is -0.398 e. The average molecular weight is 455 g/mol. The predicted molar refractivity (Wildman–Crippen MR) is 139 cm³/mol. The molecule has 0 saturated carbocycles. The van der Waals surface area contributed by atoms with Gasteiger partial charge in [0.05, 0.1) is 6.67 Å². The first kappa shape index (κ1) is 24.8. The van der Waals surface area contributed by atoms with Crippen molar-refractivity contribution < 1.29 is 8.85 Å². The van der Waals surface area contributed by atoms with Crippen LogP contribution in [0.3, 0.4) is 0 Å². The number of hydrogen-bond acceptors (Lipinski definition) is 4.